The van der Waals surface area contributed by atoms with Crippen molar-refractivity contribution in [3.8, 4) is 0 Å². The monoisotopic (exact) mass is 339 g/mol. The van der Waals surface area contributed by atoms with Crippen LogP contribution in [0.2, 0.25) is 0 Å². The van der Waals surface area contributed by atoms with E-state index in [1.54, 1.807) is 12.1 Å². The Hall–Kier alpha value is -2.82. The highest BCUT2D eigenvalue weighted by molar-refractivity contribution is 5.89. The molecule has 0 saturated carbocycles. The molecule has 1 fully saturated rings. The average molecular weight is 339 g/mol. The summed E-state index contributed by atoms with van der Waals surface area (Å²) in [5.41, 5.74) is 2.63. The smallest absolute Gasteiger partial charge is 0.407 e. The van der Waals surface area contributed by atoms with E-state index in [1.165, 1.54) is 4.90 Å². The molecule has 0 radical (unpaired) electrons. The molecule has 0 spiro atoms. The summed E-state index contributed by atoms with van der Waals surface area (Å²) in [7, 11) is 0. The lowest BCUT2D eigenvalue weighted by molar-refractivity contribution is 0.0472. The van der Waals surface area contributed by atoms with E-state index >= 15 is 0 Å². The highest BCUT2D eigenvalue weighted by Gasteiger charge is 2.23. The van der Waals surface area contributed by atoms with Gasteiger partial charge in [0.1, 0.15) is 6.61 Å². The van der Waals surface area contributed by atoms with Gasteiger partial charge in [-0.3, -0.25) is 0 Å². The number of carbonyl (C=O) groups excluding carboxylic acids is 1. The minimum absolute atomic E-state index is 0.259. The van der Waals surface area contributed by atoms with E-state index in [9.17, 15) is 9.59 Å². The van der Waals surface area contributed by atoms with E-state index in [0.717, 1.165) is 24.0 Å². The second-order valence-corrected chi connectivity index (χ2v) is 6.23. The maximum absolute atomic E-state index is 12.1. The third-order valence-corrected chi connectivity index (χ3v) is 4.60. The summed E-state index contributed by atoms with van der Waals surface area (Å²) in [6, 6.07) is 17.0. The van der Waals surface area contributed by atoms with Gasteiger partial charge in [-0.25, -0.2) is 9.59 Å². The van der Waals surface area contributed by atoms with E-state index in [0.29, 0.717) is 24.6 Å². The maximum Gasteiger partial charge on any atom is 0.407 e. The Morgan fingerprint density at radius 3 is 2.24 bits per heavy atom. The van der Waals surface area contributed by atoms with E-state index < -0.39 is 6.09 Å². The Kier molecular flexibility index (Phi) is 5.33. The number of piperidine rings is 1. The topological polar surface area (TPSA) is 66.8 Å². The zero-order valence-corrected chi connectivity index (χ0v) is 13.9. The summed E-state index contributed by atoms with van der Waals surface area (Å²) in [5.74, 6) is 0.00101. The third-order valence-electron chi connectivity index (χ3n) is 4.60. The molecule has 0 aliphatic carbocycles. The van der Waals surface area contributed by atoms with Crippen molar-refractivity contribution in [1.29, 1.82) is 0 Å². The number of nitrogens with zero attached hydrogens (tertiary/aromatic N) is 1. The highest BCUT2D eigenvalue weighted by atomic mass is 16.5. The van der Waals surface area contributed by atoms with Crippen LogP contribution in [-0.2, 0) is 11.3 Å². The van der Waals surface area contributed by atoms with E-state index in [4.69, 9.17) is 9.84 Å². The van der Waals surface area contributed by atoms with E-state index in [1.807, 2.05) is 42.5 Å². The average Bonchev–Trinajstić information content (AvgIpc) is 2.67. The minimum atomic E-state index is -0.852. The fraction of sp³-hybridized carbons (Fsp3) is 0.300. The van der Waals surface area contributed by atoms with E-state index in [2.05, 4.69) is 0 Å². The van der Waals surface area contributed by atoms with Crippen molar-refractivity contribution in [2.24, 2.45) is 0 Å². The molecule has 3 rings (SSSR count). The van der Waals surface area contributed by atoms with Gasteiger partial charge in [0.15, 0.2) is 0 Å². The quantitative estimate of drug-likeness (QED) is 0.858. The number of amides is 1. The number of esters is 1. The van der Waals surface area contributed by atoms with Gasteiger partial charge in [0.25, 0.3) is 0 Å². The van der Waals surface area contributed by atoms with Crippen molar-refractivity contribution in [2.45, 2.75) is 25.4 Å². The van der Waals surface area contributed by atoms with Gasteiger partial charge < -0.3 is 14.7 Å². The van der Waals surface area contributed by atoms with E-state index in [-0.39, 0.29) is 12.6 Å². The van der Waals surface area contributed by atoms with Gasteiger partial charge in [-0.2, -0.15) is 0 Å². The van der Waals surface area contributed by atoms with Crippen LogP contribution in [-0.4, -0.2) is 35.2 Å². The molecular formula is C20H21NO4. The summed E-state index contributed by atoms with van der Waals surface area (Å²) in [6.45, 7) is 1.37. The Bertz CT molecular complexity index is 719. The lowest BCUT2D eigenvalue weighted by atomic mass is 9.89. The molecule has 0 aromatic heterocycles. The van der Waals surface area contributed by atoms with Crippen molar-refractivity contribution in [1.82, 2.24) is 4.90 Å². The molecule has 1 N–H and O–H groups in total. The summed E-state index contributed by atoms with van der Waals surface area (Å²) < 4.78 is 5.33. The van der Waals surface area contributed by atoms with Crippen LogP contribution in [0.1, 0.15) is 40.2 Å². The Morgan fingerprint density at radius 1 is 1.00 bits per heavy atom. The van der Waals surface area contributed by atoms with Crippen LogP contribution >= 0.6 is 0 Å². The van der Waals surface area contributed by atoms with Crippen molar-refractivity contribution in [3.05, 3.63) is 71.3 Å². The first-order valence-corrected chi connectivity index (χ1v) is 8.42. The minimum Gasteiger partial charge on any atom is -0.465 e. The van der Waals surface area contributed by atoms with Gasteiger partial charge in [0, 0.05) is 13.1 Å². The van der Waals surface area contributed by atoms with Gasteiger partial charge in [0.2, 0.25) is 0 Å². The zero-order valence-electron chi connectivity index (χ0n) is 13.9. The summed E-state index contributed by atoms with van der Waals surface area (Å²) in [4.78, 5) is 24.5. The van der Waals surface area contributed by atoms with Crippen LogP contribution in [0.25, 0.3) is 0 Å². The van der Waals surface area contributed by atoms with Gasteiger partial charge in [-0.05, 0) is 42.0 Å². The number of benzene rings is 2. The van der Waals surface area contributed by atoms with Gasteiger partial charge in [-0.15, -0.1) is 0 Å². The number of likely N-dealkylation sites (tertiary alicyclic amines) is 1. The zero-order chi connectivity index (χ0) is 17.6. The number of carbonyl (C=O) groups is 2. The predicted octanol–water partition coefficient (Wildman–Crippen LogP) is 3.90. The molecule has 1 heterocycles. The largest absolute Gasteiger partial charge is 0.465 e. The highest BCUT2D eigenvalue weighted by Crippen LogP contribution is 2.28. The lowest BCUT2D eigenvalue weighted by Gasteiger charge is -2.30. The number of hydrogen-bond acceptors (Lipinski definition) is 3. The molecule has 25 heavy (non-hydrogen) atoms. The molecule has 1 aliphatic heterocycles. The molecule has 0 unspecified atom stereocenters. The number of hydrogen-bond donors (Lipinski definition) is 1. The molecular weight excluding hydrogens is 318 g/mol. The Morgan fingerprint density at radius 2 is 1.64 bits per heavy atom. The van der Waals surface area contributed by atoms with Crippen molar-refractivity contribution in [3.63, 3.8) is 0 Å². The molecule has 1 amide bonds. The molecule has 0 atom stereocenters. The van der Waals surface area contributed by atoms with Crippen LogP contribution < -0.4 is 0 Å². The first-order chi connectivity index (χ1) is 12.1. The summed E-state index contributed by atoms with van der Waals surface area (Å²) >= 11 is 0. The predicted molar refractivity (Wildman–Crippen MR) is 93.6 cm³/mol. The molecule has 2 aromatic rings. The molecule has 1 aliphatic rings. The Labute approximate surface area is 146 Å². The summed E-state index contributed by atoms with van der Waals surface area (Å²) in [5, 5.41) is 9.00. The van der Waals surface area contributed by atoms with Crippen LogP contribution in [0.4, 0.5) is 4.79 Å². The number of carboxylic acid groups (broad SMARTS) is 1. The summed E-state index contributed by atoms with van der Waals surface area (Å²) in [6.07, 6.45) is 0.767. The van der Waals surface area contributed by atoms with Crippen molar-refractivity contribution < 1.29 is 19.4 Å². The first kappa shape index (κ1) is 17.0. The van der Waals surface area contributed by atoms with Crippen LogP contribution in [0, 0.1) is 0 Å². The maximum atomic E-state index is 12.1. The van der Waals surface area contributed by atoms with Gasteiger partial charge in [0.05, 0.1) is 5.56 Å². The van der Waals surface area contributed by atoms with Crippen LogP contribution in [0.15, 0.2) is 54.6 Å². The first-order valence-electron chi connectivity index (χ1n) is 8.42. The third kappa shape index (κ3) is 4.38. The van der Waals surface area contributed by atoms with Crippen LogP contribution in [0.3, 0.4) is 0 Å². The molecule has 5 heteroatoms. The van der Waals surface area contributed by atoms with Gasteiger partial charge >= 0.3 is 12.1 Å². The Balaban J connectivity index is 1.55. The lowest BCUT2D eigenvalue weighted by Crippen LogP contribution is -2.36. The van der Waals surface area contributed by atoms with Gasteiger partial charge in [-0.1, -0.05) is 42.5 Å². The van der Waals surface area contributed by atoms with Crippen molar-refractivity contribution >= 4 is 12.1 Å². The standard InChI is InChI=1S/C20H21NO4/c22-19(25-14-15-4-2-1-3-5-15)18-8-6-16(7-9-18)17-10-12-21(13-11-17)20(23)24/h1-9,17H,10-14H2,(H,23,24). The molecule has 130 valence electrons. The molecule has 2 aromatic carbocycles. The molecule has 1 saturated heterocycles. The second-order valence-electron chi connectivity index (χ2n) is 6.23. The second kappa shape index (κ2) is 7.83. The molecule has 5 nitrogen and oxygen atoms in total. The SMILES string of the molecule is O=C(OCc1ccccc1)c1ccc(C2CCN(C(=O)O)CC2)cc1. The normalized spacial score (nSPS) is 15.0. The number of rotatable bonds is 4. The number of ether oxygens (including phenoxy) is 1. The fourth-order valence-corrected chi connectivity index (χ4v) is 3.10. The fourth-order valence-electron chi connectivity index (χ4n) is 3.10. The van der Waals surface area contributed by atoms with Crippen LogP contribution in [0.5, 0.6) is 0 Å². The van der Waals surface area contributed by atoms with Crippen molar-refractivity contribution in [2.75, 3.05) is 13.1 Å². The molecule has 0 bridgehead atoms.